The van der Waals surface area contributed by atoms with Gasteiger partial charge in [0.05, 0.1) is 26.2 Å². The summed E-state index contributed by atoms with van der Waals surface area (Å²) in [5, 5.41) is 0. The van der Waals surface area contributed by atoms with Crippen LogP contribution in [0.15, 0.2) is 48.5 Å². The van der Waals surface area contributed by atoms with Gasteiger partial charge < -0.3 is 19.3 Å². The van der Waals surface area contributed by atoms with E-state index >= 15 is 0 Å². The lowest BCUT2D eigenvalue weighted by molar-refractivity contribution is -0.139. The van der Waals surface area contributed by atoms with Crippen LogP contribution in [0.4, 0.5) is 0 Å². The maximum atomic E-state index is 13.4. The number of likely N-dealkylation sites (tertiary alicyclic amines) is 1. The minimum Gasteiger partial charge on any atom is -0.497 e. The van der Waals surface area contributed by atoms with Crippen LogP contribution in [0.3, 0.4) is 0 Å². The third-order valence-corrected chi connectivity index (χ3v) is 6.14. The Balaban J connectivity index is 1.63. The van der Waals surface area contributed by atoms with Crippen molar-refractivity contribution in [2.24, 2.45) is 5.92 Å². The zero-order valence-electron chi connectivity index (χ0n) is 17.5. The van der Waals surface area contributed by atoms with Crippen LogP contribution in [0.2, 0.25) is 0 Å². The van der Waals surface area contributed by atoms with Crippen molar-refractivity contribution >= 4 is 11.8 Å². The number of nitrogens with zero attached hydrogens (tertiary/aromatic N) is 2. The Morgan fingerprint density at radius 1 is 1.00 bits per heavy atom. The molecule has 2 aliphatic rings. The van der Waals surface area contributed by atoms with Gasteiger partial charge in [-0.2, -0.15) is 0 Å². The minimum atomic E-state index is -0.275. The van der Waals surface area contributed by atoms with Crippen molar-refractivity contribution < 1.29 is 19.1 Å². The van der Waals surface area contributed by atoms with Gasteiger partial charge in [0, 0.05) is 37.7 Å². The van der Waals surface area contributed by atoms with Crippen LogP contribution in [0.1, 0.15) is 27.4 Å². The molecule has 0 aromatic heterocycles. The van der Waals surface area contributed by atoms with Gasteiger partial charge in [-0.05, 0) is 36.2 Å². The second-order valence-electron chi connectivity index (χ2n) is 7.95. The van der Waals surface area contributed by atoms with Crippen LogP contribution in [-0.4, -0.2) is 68.1 Å². The number of amides is 2. The van der Waals surface area contributed by atoms with Gasteiger partial charge in [0.25, 0.3) is 5.91 Å². The summed E-state index contributed by atoms with van der Waals surface area (Å²) in [6, 6.07) is 15.4. The number of hydrogen-bond acceptors (Lipinski definition) is 4. The van der Waals surface area contributed by atoms with Crippen molar-refractivity contribution in [1.82, 2.24) is 9.80 Å². The van der Waals surface area contributed by atoms with Crippen molar-refractivity contribution in [3.05, 3.63) is 65.2 Å². The quantitative estimate of drug-likeness (QED) is 0.781. The molecule has 30 heavy (non-hydrogen) atoms. The molecule has 0 bridgehead atoms. The molecular weight excluding hydrogens is 380 g/mol. The van der Waals surface area contributed by atoms with Gasteiger partial charge in [0.2, 0.25) is 5.91 Å². The van der Waals surface area contributed by atoms with Gasteiger partial charge in [-0.25, -0.2) is 0 Å². The molecule has 0 radical (unpaired) electrons. The van der Waals surface area contributed by atoms with Crippen LogP contribution >= 0.6 is 0 Å². The lowest BCUT2D eigenvalue weighted by Gasteiger charge is -2.31. The molecule has 6 nitrogen and oxygen atoms in total. The highest BCUT2D eigenvalue weighted by atomic mass is 16.5. The molecule has 4 rings (SSSR count). The Morgan fingerprint density at radius 3 is 2.50 bits per heavy atom. The van der Waals surface area contributed by atoms with Crippen molar-refractivity contribution in [1.29, 1.82) is 0 Å². The van der Waals surface area contributed by atoms with E-state index in [2.05, 4.69) is 0 Å². The zero-order chi connectivity index (χ0) is 21.1. The lowest BCUT2D eigenvalue weighted by Crippen LogP contribution is -2.45. The zero-order valence-corrected chi connectivity index (χ0v) is 17.5. The van der Waals surface area contributed by atoms with Crippen molar-refractivity contribution in [2.75, 3.05) is 46.5 Å². The average molecular weight is 408 g/mol. The van der Waals surface area contributed by atoms with E-state index in [9.17, 15) is 9.59 Å². The maximum Gasteiger partial charge on any atom is 0.254 e. The van der Waals surface area contributed by atoms with Gasteiger partial charge >= 0.3 is 0 Å². The van der Waals surface area contributed by atoms with E-state index < -0.39 is 0 Å². The van der Waals surface area contributed by atoms with Gasteiger partial charge in [-0.3, -0.25) is 9.59 Å². The first-order chi connectivity index (χ1) is 14.6. The molecule has 0 saturated carbocycles. The molecule has 158 valence electrons. The molecule has 2 aliphatic heterocycles. The smallest absolute Gasteiger partial charge is 0.254 e. The predicted octanol–water partition coefficient (Wildman–Crippen LogP) is 2.72. The van der Waals surface area contributed by atoms with Gasteiger partial charge in [-0.1, -0.05) is 30.3 Å². The van der Waals surface area contributed by atoms with Gasteiger partial charge in [0.15, 0.2) is 0 Å². The normalized spacial score (nSPS) is 21.5. The van der Waals surface area contributed by atoms with E-state index in [-0.39, 0.29) is 23.7 Å². The summed E-state index contributed by atoms with van der Waals surface area (Å²) >= 11 is 0. The molecular formula is C24H28N2O4. The van der Waals surface area contributed by atoms with E-state index in [0.717, 1.165) is 16.9 Å². The highest BCUT2D eigenvalue weighted by Gasteiger charge is 2.42. The first-order valence-electron chi connectivity index (χ1n) is 10.4. The van der Waals surface area contributed by atoms with E-state index in [1.54, 1.807) is 7.11 Å². The summed E-state index contributed by atoms with van der Waals surface area (Å²) in [6.07, 6.45) is 0. The second-order valence-corrected chi connectivity index (χ2v) is 7.95. The Morgan fingerprint density at radius 2 is 1.77 bits per heavy atom. The summed E-state index contributed by atoms with van der Waals surface area (Å²) in [7, 11) is 1.64. The van der Waals surface area contributed by atoms with Crippen LogP contribution in [0.25, 0.3) is 0 Å². The molecule has 0 unspecified atom stereocenters. The Kier molecular flexibility index (Phi) is 6.04. The number of benzene rings is 2. The molecule has 2 aromatic carbocycles. The van der Waals surface area contributed by atoms with Crippen LogP contribution in [0.5, 0.6) is 5.75 Å². The molecule has 0 N–H and O–H groups in total. The number of hydrogen-bond donors (Lipinski definition) is 0. The fraction of sp³-hybridized carbons (Fsp3) is 0.417. The summed E-state index contributed by atoms with van der Waals surface area (Å²) in [6.45, 7) is 5.21. The SMILES string of the molecule is COc1cccc([C@@H]2CN(C(=O)c3ccccc3C)C[C@@H]2C(=O)N2CCOCC2)c1. The Labute approximate surface area is 177 Å². The molecule has 2 saturated heterocycles. The van der Waals surface area contributed by atoms with E-state index in [4.69, 9.17) is 9.47 Å². The number of ether oxygens (including phenoxy) is 2. The number of carbonyl (C=O) groups excluding carboxylic acids is 2. The third-order valence-electron chi connectivity index (χ3n) is 6.14. The van der Waals surface area contributed by atoms with Crippen LogP contribution in [-0.2, 0) is 9.53 Å². The monoisotopic (exact) mass is 408 g/mol. The molecule has 2 atom stereocenters. The highest BCUT2D eigenvalue weighted by molar-refractivity contribution is 5.96. The Bertz CT molecular complexity index is 923. The molecule has 0 aliphatic carbocycles. The molecule has 2 heterocycles. The van der Waals surface area contributed by atoms with E-state index in [1.807, 2.05) is 65.3 Å². The number of carbonyl (C=O) groups is 2. The first-order valence-corrected chi connectivity index (χ1v) is 10.4. The predicted molar refractivity (Wildman–Crippen MR) is 114 cm³/mol. The minimum absolute atomic E-state index is 0.0155. The van der Waals surface area contributed by atoms with E-state index in [1.165, 1.54) is 0 Å². The van der Waals surface area contributed by atoms with Crippen LogP contribution in [0, 0.1) is 12.8 Å². The van der Waals surface area contributed by atoms with Crippen molar-refractivity contribution in [2.45, 2.75) is 12.8 Å². The van der Waals surface area contributed by atoms with Crippen LogP contribution < -0.4 is 4.74 Å². The molecule has 6 heteroatoms. The first kappa shape index (κ1) is 20.4. The van der Waals surface area contributed by atoms with Crippen molar-refractivity contribution in [3.63, 3.8) is 0 Å². The second kappa shape index (κ2) is 8.88. The lowest BCUT2D eigenvalue weighted by atomic mass is 9.87. The number of methoxy groups -OCH3 is 1. The fourth-order valence-electron chi connectivity index (χ4n) is 4.43. The van der Waals surface area contributed by atoms with Crippen molar-refractivity contribution in [3.8, 4) is 5.75 Å². The fourth-order valence-corrected chi connectivity index (χ4v) is 4.43. The summed E-state index contributed by atoms with van der Waals surface area (Å²) in [5.41, 5.74) is 2.67. The Hall–Kier alpha value is -2.86. The van der Waals surface area contributed by atoms with Gasteiger partial charge in [-0.15, -0.1) is 0 Å². The van der Waals surface area contributed by atoms with Gasteiger partial charge in [0.1, 0.15) is 5.75 Å². The number of rotatable bonds is 4. The third kappa shape index (κ3) is 4.05. The summed E-state index contributed by atoms with van der Waals surface area (Å²) in [5.74, 6) is 0.504. The average Bonchev–Trinajstić information content (AvgIpc) is 3.24. The molecule has 2 amide bonds. The largest absolute Gasteiger partial charge is 0.497 e. The highest BCUT2D eigenvalue weighted by Crippen LogP contribution is 2.36. The maximum absolute atomic E-state index is 13.4. The summed E-state index contributed by atoms with van der Waals surface area (Å²) < 4.78 is 10.8. The van der Waals surface area contributed by atoms with E-state index in [0.29, 0.717) is 45.0 Å². The number of aryl methyl sites for hydroxylation is 1. The molecule has 0 spiro atoms. The summed E-state index contributed by atoms with van der Waals surface area (Å²) in [4.78, 5) is 30.4. The standard InChI is InChI=1S/C24H28N2O4/c1-17-6-3-4-9-20(17)23(27)26-15-21(18-7-5-8-19(14-18)29-2)22(16-26)24(28)25-10-12-30-13-11-25/h3-9,14,21-22H,10-13,15-16H2,1-2H3/t21-,22-/m0/s1. The molecule has 2 fully saturated rings. The number of morpholine rings is 1. The molecule has 2 aromatic rings. The topological polar surface area (TPSA) is 59.1 Å².